The van der Waals surface area contributed by atoms with Crippen LogP contribution in [-0.2, 0) is 0 Å². The van der Waals surface area contributed by atoms with Gasteiger partial charge in [-0.25, -0.2) is 4.98 Å². The van der Waals surface area contributed by atoms with E-state index in [9.17, 15) is 0 Å². The second-order valence-electron chi connectivity index (χ2n) is 3.57. The van der Waals surface area contributed by atoms with Gasteiger partial charge in [0.15, 0.2) is 0 Å². The van der Waals surface area contributed by atoms with Crippen LogP contribution in [-0.4, -0.2) is 9.97 Å². The molecule has 17 heavy (non-hydrogen) atoms. The van der Waals surface area contributed by atoms with E-state index in [1.165, 1.54) is 0 Å². The number of halogens is 1. The van der Waals surface area contributed by atoms with Gasteiger partial charge < -0.3 is 5.73 Å². The van der Waals surface area contributed by atoms with Crippen molar-refractivity contribution in [3.05, 3.63) is 41.6 Å². The topological polar surface area (TPSA) is 51.8 Å². The van der Waals surface area contributed by atoms with E-state index in [4.69, 9.17) is 17.3 Å². The molecule has 0 radical (unpaired) electrons. The Morgan fingerprint density at radius 3 is 2.94 bits per heavy atom. The Morgan fingerprint density at radius 1 is 1.24 bits per heavy atom. The summed E-state index contributed by atoms with van der Waals surface area (Å²) < 4.78 is 1.08. The van der Waals surface area contributed by atoms with Crippen LogP contribution in [0.2, 0.25) is 5.02 Å². The van der Waals surface area contributed by atoms with Gasteiger partial charge in [0.2, 0.25) is 0 Å². The first-order valence-electron chi connectivity index (χ1n) is 5.01. The van der Waals surface area contributed by atoms with Gasteiger partial charge >= 0.3 is 0 Å². The average molecular weight is 262 g/mol. The number of fused-ring (bicyclic) bond motifs is 1. The molecule has 3 nitrogen and oxygen atoms in total. The van der Waals surface area contributed by atoms with E-state index < -0.39 is 0 Å². The highest BCUT2D eigenvalue weighted by atomic mass is 35.5. The largest absolute Gasteiger partial charge is 0.397 e. The van der Waals surface area contributed by atoms with Crippen molar-refractivity contribution in [1.82, 2.24) is 9.97 Å². The number of hydrogen-bond donors (Lipinski definition) is 1. The van der Waals surface area contributed by atoms with Crippen molar-refractivity contribution < 1.29 is 0 Å². The van der Waals surface area contributed by atoms with Crippen LogP contribution >= 0.6 is 22.9 Å². The fourth-order valence-electron chi connectivity index (χ4n) is 1.60. The fourth-order valence-corrected chi connectivity index (χ4v) is 2.73. The van der Waals surface area contributed by atoms with Crippen LogP contribution in [0.5, 0.6) is 0 Å². The minimum atomic E-state index is 0.637. The minimum absolute atomic E-state index is 0.637. The van der Waals surface area contributed by atoms with Crippen molar-refractivity contribution in [2.75, 3.05) is 5.73 Å². The molecule has 0 aliphatic heterocycles. The van der Waals surface area contributed by atoms with Crippen molar-refractivity contribution in [1.29, 1.82) is 0 Å². The zero-order valence-electron chi connectivity index (χ0n) is 8.72. The summed E-state index contributed by atoms with van der Waals surface area (Å²) in [6.45, 7) is 0. The molecule has 0 unspecified atom stereocenters. The molecule has 3 rings (SSSR count). The van der Waals surface area contributed by atoms with Gasteiger partial charge in [0, 0.05) is 11.2 Å². The lowest BCUT2D eigenvalue weighted by Crippen LogP contribution is -1.91. The van der Waals surface area contributed by atoms with Gasteiger partial charge in [-0.05, 0) is 30.3 Å². The van der Waals surface area contributed by atoms with Gasteiger partial charge in [0.1, 0.15) is 10.7 Å². The van der Waals surface area contributed by atoms with Crippen molar-refractivity contribution in [3.63, 3.8) is 0 Å². The molecule has 0 atom stereocenters. The zero-order valence-corrected chi connectivity index (χ0v) is 10.3. The van der Waals surface area contributed by atoms with Crippen molar-refractivity contribution in [2.24, 2.45) is 0 Å². The van der Waals surface area contributed by atoms with E-state index in [2.05, 4.69) is 9.97 Å². The third-order valence-corrected chi connectivity index (χ3v) is 3.67. The predicted octanol–water partition coefficient (Wildman–Crippen LogP) is 3.59. The van der Waals surface area contributed by atoms with Crippen LogP contribution in [0.3, 0.4) is 0 Å². The Kier molecular flexibility index (Phi) is 2.46. The van der Waals surface area contributed by atoms with Gasteiger partial charge in [-0.15, -0.1) is 11.3 Å². The van der Waals surface area contributed by atoms with Crippen LogP contribution in [0, 0.1) is 0 Å². The van der Waals surface area contributed by atoms with Crippen LogP contribution < -0.4 is 5.73 Å². The Labute approximate surface area is 107 Å². The summed E-state index contributed by atoms with van der Waals surface area (Å²) in [5.41, 5.74) is 8.12. The number of nitrogens with two attached hydrogens (primary N) is 1. The smallest absolute Gasteiger partial charge is 0.145 e. The summed E-state index contributed by atoms with van der Waals surface area (Å²) >= 11 is 7.49. The van der Waals surface area contributed by atoms with E-state index in [1.807, 2.05) is 30.3 Å². The van der Waals surface area contributed by atoms with E-state index >= 15 is 0 Å². The van der Waals surface area contributed by atoms with E-state index in [0.717, 1.165) is 20.9 Å². The number of nitrogens with zero attached hydrogens (tertiary/aromatic N) is 2. The lowest BCUT2D eigenvalue weighted by Gasteiger charge is -1.98. The van der Waals surface area contributed by atoms with Crippen LogP contribution in [0.4, 0.5) is 5.69 Å². The summed E-state index contributed by atoms with van der Waals surface area (Å²) in [4.78, 5) is 8.75. The summed E-state index contributed by atoms with van der Waals surface area (Å²) in [5.74, 6) is 0. The molecule has 0 fully saturated rings. The van der Waals surface area contributed by atoms with Gasteiger partial charge in [0.05, 0.1) is 15.9 Å². The number of rotatable bonds is 1. The lowest BCUT2D eigenvalue weighted by atomic mass is 10.3. The van der Waals surface area contributed by atoms with Gasteiger partial charge in [-0.1, -0.05) is 11.6 Å². The standard InChI is InChI=1S/C12H8ClN3S/c13-7-3-4-10-9(6-7)16-12(17-10)11-8(14)2-1-5-15-11/h1-6H,14H2. The number of hydrogen-bond acceptors (Lipinski definition) is 4. The summed E-state index contributed by atoms with van der Waals surface area (Å²) in [7, 11) is 0. The Hall–Kier alpha value is -1.65. The second-order valence-corrected chi connectivity index (χ2v) is 5.04. The molecule has 0 amide bonds. The zero-order chi connectivity index (χ0) is 11.8. The minimum Gasteiger partial charge on any atom is -0.397 e. The first kappa shape index (κ1) is 10.5. The summed E-state index contributed by atoms with van der Waals surface area (Å²) in [6.07, 6.45) is 1.71. The molecule has 0 aliphatic rings. The van der Waals surface area contributed by atoms with Gasteiger partial charge in [0.25, 0.3) is 0 Å². The molecule has 0 bridgehead atoms. The molecule has 0 spiro atoms. The molecule has 0 aliphatic carbocycles. The Morgan fingerprint density at radius 2 is 2.12 bits per heavy atom. The average Bonchev–Trinajstić information content (AvgIpc) is 2.72. The van der Waals surface area contributed by atoms with Crippen LogP contribution in [0.25, 0.3) is 20.9 Å². The molecule has 0 saturated carbocycles. The van der Waals surface area contributed by atoms with Gasteiger partial charge in [-0.3, -0.25) is 4.98 Å². The number of anilines is 1. The van der Waals surface area contributed by atoms with E-state index in [0.29, 0.717) is 10.7 Å². The number of benzene rings is 1. The maximum atomic E-state index is 5.93. The maximum Gasteiger partial charge on any atom is 0.145 e. The van der Waals surface area contributed by atoms with E-state index in [-0.39, 0.29) is 0 Å². The lowest BCUT2D eigenvalue weighted by molar-refractivity contribution is 1.31. The number of nitrogen functional groups attached to an aromatic ring is 1. The molecule has 2 N–H and O–H groups in total. The molecular weight excluding hydrogens is 254 g/mol. The number of pyridine rings is 1. The highest BCUT2D eigenvalue weighted by molar-refractivity contribution is 7.21. The molecule has 2 heterocycles. The Bertz CT molecular complexity index is 693. The molecular formula is C12H8ClN3S. The Balaban J connectivity index is 2.22. The van der Waals surface area contributed by atoms with Gasteiger partial charge in [-0.2, -0.15) is 0 Å². The third kappa shape index (κ3) is 1.85. The first-order valence-corrected chi connectivity index (χ1v) is 6.20. The molecule has 5 heteroatoms. The van der Waals surface area contributed by atoms with Crippen molar-refractivity contribution in [2.45, 2.75) is 0 Å². The molecule has 3 aromatic rings. The summed E-state index contributed by atoms with van der Waals surface area (Å²) in [5, 5.41) is 1.50. The van der Waals surface area contributed by atoms with E-state index in [1.54, 1.807) is 17.5 Å². The first-order chi connectivity index (χ1) is 8.24. The second kappa shape index (κ2) is 3.98. The summed E-state index contributed by atoms with van der Waals surface area (Å²) in [6, 6.07) is 9.28. The highest BCUT2D eigenvalue weighted by Gasteiger charge is 2.10. The molecule has 1 aromatic carbocycles. The van der Waals surface area contributed by atoms with Crippen LogP contribution in [0.15, 0.2) is 36.5 Å². The monoisotopic (exact) mass is 261 g/mol. The molecule has 2 aromatic heterocycles. The van der Waals surface area contributed by atoms with Crippen LogP contribution in [0.1, 0.15) is 0 Å². The highest BCUT2D eigenvalue weighted by Crippen LogP contribution is 2.32. The molecule has 84 valence electrons. The fraction of sp³-hybridized carbons (Fsp3) is 0. The number of thiazole rings is 1. The quantitative estimate of drug-likeness (QED) is 0.728. The maximum absolute atomic E-state index is 5.93. The SMILES string of the molecule is Nc1cccnc1-c1nc2cc(Cl)ccc2s1. The predicted molar refractivity (Wildman–Crippen MR) is 72.3 cm³/mol. The normalized spacial score (nSPS) is 10.9. The third-order valence-electron chi connectivity index (χ3n) is 2.39. The van der Waals surface area contributed by atoms with Crippen molar-refractivity contribution in [3.8, 4) is 10.7 Å². The molecule has 0 saturated heterocycles. The number of aromatic nitrogens is 2. The van der Waals surface area contributed by atoms with Crippen molar-refractivity contribution >= 4 is 38.8 Å².